The number of benzene rings is 2. The average molecular weight is 523 g/mol. The molecule has 0 radical (unpaired) electrons. The summed E-state index contributed by atoms with van der Waals surface area (Å²) < 4.78 is 22.9. The molecule has 0 N–H and O–H groups in total. The number of hydrogen-bond acceptors (Lipinski definition) is 5. The summed E-state index contributed by atoms with van der Waals surface area (Å²) in [5.74, 6) is -0.405. The van der Waals surface area contributed by atoms with Gasteiger partial charge in [-0.2, -0.15) is 9.97 Å². The second-order valence-electron chi connectivity index (χ2n) is 11.4. The van der Waals surface area contributed by atoms with Gasteiger partial charge in [0.05, 0.1) is 11.2 Å². The highest BCUT2D eigenvalue weighted by atomic mass is 19.1. The molecule has 2 fully saturated rings. The molecular weight excluding hydrogens is 487 g/mol. The monoisotopic (exact) mass is 522 g/mol. The van der Waals surface area contributed by atoms with Crippen LogP contribution in [0.1, 0.15) is 69.5 Å². The molecule has 7 rings (SSSR count). The first-order chi connectivity index (χ1) is 19.2. The fraction of sp³-hybridized carbons (Fsp3) is 0.424. The molecule has 0 atom stereocenters. The lowest BCUT2D eigenvalue weighted by atomic mass is 9.94. The lowest BCUT2D eigenvalue weighted by molar-refractivity contribution is 0.107. The van der Waals surface area contributed by atoms with Gasteiger partial charge < -0.3 is 4.74 Å². The maximum Gasteiger partial charge on any atom is 0.317 e. The number of allylic oxidation sites excluding steroid dienone is 2. The van der Waals surface area contributed by atoms with Crippen molar-refractivity contribution in [2.24, 2.45) is 0 Å². The Balaban J connectivity index is 1.37. The molecule has 4 heterocycles. The van der Waals surface area contributed by atoms with Crippen molar-refractivity contribution >= 4 is 27.2 Å². The van der Waals surface area contributed by atoms with E-state index in [4.69, 9.17) is 19.7 Å². The molecule has 3 aliphatic rings. The van der Waals surface area contributed by atoms with Crippen LogP contribution < -0.4 is 4.74 Å². The second kappa shape index (κ2) is 9.98. The highest BCUT2D eigenvalue weighted by Crippen LogP contribution is 2.40. The van der Waals surface area contributed by atoms with Crippen LogP contribution in [-0.2, 0) is 6.42 Å². The first kappa shape index (κ1) is 24.6. The summed E-state index contributed by atoms with van der Waals surface area (Å²) in [6.07, 6.45) is 13.8. The lowest BCUT2D eigenvalue weighted by Crippen LogP contribution is -2.43. The average Bonchev–Trinajstić information content (AvgIpc) is 3.57. The van der Waals surface area contributed by atoms with Crippen LogP contribution in [0, 0.1) is 5.82 Å². The molecule has 1 aliphatic carbocycles. The van der Waals surface area contributed by atoms with Crippen LogP contribution in [0.2, 0.25) is 0 Å². The summed E-state index contributed by atoms with van der Waals surface area (Å²) >= 11 is 0. The predicted octanol–water partition coefficient (Wildman–Crippen LogP) is 7.51. The van der Waals surface area contributed by atoms with Crippen LogP contribution in [0.4, 0.5) is 4.39 Å². The third-order valence-electron chi connectivity index (χ3n) is 9.17. The van der Waals surface area contributed by atoms with Gasteiger partial charge in [0.15, 0.2) is 5.82 Å². The molecule has 2 aliphatic heterocycles. The van der Waals surface area contributed by atoms with Gasteiger partial charge in [0, 0.05) is 17.1 Å². The van der Waals surface area contributed by atoms with E-state index < -0.39 is 5.82 Å². The summed E-state index contributed by atoms with van der Waals surface area (Å²) in [6, 6.07) is 12.5. The second-order valence-corrected chi connectivity index (χ2v) is 11.4. The van der Waals surface area contributed by atoms with Gasteiger partial charge in [-0.3, -0.25) is 9.88 Å². The topological polar surface area (TPSA) is 51.1 Å². The molecule has 0 unspecified atom stereocenters. The third-order valence-corrected chi connectivity index (χ3v) is 9.17. The van der Waals surface area contributed by atoms with Crippen LogP contribution in [0.15, 0.2) is 48.7 Å². The van der Waals surface area contributed by atoms with Crippen molar-refractivity contribution in [2.75, 3.05) is 19.7 Å². The SMILES string of the molecule is CCc1cccc2cccc(-c3ncc4c(C5=CCCCC5)nc(OCC56CCCN5CCC6)nc4c3F)c12. The van der Waals surface area contributed by atoms with Gasteiger partial charge in [0.25, 0.3) is 0 Å². The van der Waals surface area contributed by atoms with Crippen molar-refractivity contribution in [3.63, 3.8) is 0 Å². The fourth-order valence-electron chi connectivity index (χ4n) is 7.16. The summed E-state index contributed by atoms with van der Waals surface area (Å²) in [6.45, 7) is 4.95. The standard InChI is InChI=1S/C33H35FN4O/c1-2-22-12-6-13-23-14-7-15-25(27(22)23)30-28(34)31-26(20-35-30)29(24-10-4-3-5-11-24)36-32(37-31)39-21-33-16-8-18-38(33)19-9-17-33/h6-7,10,12-15,20H,2-5,8-9,11,16-19,21H2,1H3. The number of aromatic nitrogens is 3. The Bertz CT molecular complexity index is 1580. The van der Waals surface area contributed by atoms with Crippen molar-refractivity contribution in [3.05, 3.63) is 65.7 Å². The van der Waals surface area contributed by atoms with Gasteiger partial charge in [0.1, 0.15) is 17.8 Å². The Labute approximate surface area is 229 Å². The maximum atomic E-state index is 16.6. The molecule has 5 nitrogen and oxygen atoms in total. The van der Waals surface area contributed by atoms with E-state index in [1.54, 1.807) is 6.20 Å². The van der Waals surface area contributed by atoms with E-state index in [9.17, 15) is 0 Å². The minimum absolute atomic E-state index is 0.0735. The van der Waals surface area contributed by atoms with Crippen LogP contribution in [0.5, 0.6) is 6.01 Å². The van der Waals surface area contributed by atoms with Gasteiger partial charge in [-0.25, -0.2) is 4.39 Å². The summed E-state index contributed by atoms with van der Waals surface area (Å²) in [7, 11) is 0. The van der Waals surface area contributed by atoms with Gasteiger partial charge in [0.2, 0.25) is 0 Å². The van der Waals surface area contributed by atoms with E-state index in [1.165, 1.54) is 24.8 Å². The van der Waals surface area contributed by atoms with Crippen LogP contribution in [-0.4, -0.2) is 45.1 Å². The van der Waals surface area contributed by atoms with Gasteiger partial charge in [-0.1, -0.05) is 49.4 Å². The Morgan fingerprint density at radius 1 is 0.974 bits per heavy atom. The van der Waals surface area contributed by atoms with Crippen molar-refractivity contribution in [2.45, 2.75) is 70.3 Å². The third kappa shape index (κ3) is 4.20. The molecule has 4 aromatic rings. The van der Waals surface area contributed by atoms with E-state index >= 15 is 4.39 Å². The Morgan fingerprint density at radius 2 is 1.79 bits per heavy atom. The zero-order valence-corrected chi connectivity index (χ0v) is 22.7. The van der Waals surface area contributed by atoms with Crippen LogP contribution in [0.3, 0.4) is 0 Å². The molecular formula is C33H35FN4O. The van der Waals surface area contributed by atoms with Crippen LogP contribution in [0.25, 0.3) is 38.5 Å². The molecule has 39 heavy (non-hydrogen) atoms. The first-order valence-electron chi connectivity index (χ1n) is 14.6. The molecule has 2 saturated heterocycles. The van der Waals surface area contributed by atoms with Gasteiger partial charge in [-0.05, 0) is 92.8 Å². The van der Waals surface area contributed by atoms with Crippen LogP contribution >= 0.6 is 0 Å². The Hall–Kier alpha value is -3.38. The minimum Gasteiger partial charge on any atom is -0.461 e. The van der Waals surface area contributed by atoms with E-state index in [1.807, 2.05) is 12.1 Å². The number of nitrogens with zero attached hydrogens (tertiary/aromatic N) is 4. The number of rotatable bonds is 6. The van der Waals surface area contributed by atoms with Crippen molar-refractivity contribution in [1.29, 1.82) is 0 Å². The van der Waals surface area contributed by atoms with E-state index in [0.29, 0.717) is 23.2 Å². The van der Waals surface area contributed by atoms with E-state index in [-0.39, 0.29) is 11.5 Å². The summed E-state index contributed by atoms with van der Waals surface area (Å²) in [5, 5.41) is 2.80. The molecule has 0 amide bonds. The molecule has 2 aromatic heterocycles. The number of fused-ring (bicyclic) bond motifs is 3. The maximum absolute atomic E-state index is 16.6. The fourth-order valence-corrected chi connectivity index (χ4v) is 7.16. The number of pyridine rings is 1. The number of aryl methyl sites for hydroxylation is 1. The molecule has 2 aromatic carbocycles. The van der Waals surface area contributed by atoms with Gasteiger partial charge >= 0.3 is 6.01 Å². The van der Waals surface area contributed by atoms with Crippen molar-refractivity contribution < 1.29 is 9.13 Å². The highest BCUT2D eigenvalue weighted by molar-refractivity contribution is 6.00. The number of ether oxygens (including phenoxy) is 1. The lowest BCUT2D eigenvalue weighted by Gasteiger charge is -2.31. The quantitative estimate of drug-likeness (QED) is 0.262. The molecule has 200 valence electrons. The largest absolute Gasteiger partial charge is 0.461 e. The van der Waals surface area contributed by atoms with Crippen molar-refractivity contribution in [1.82, 2.24) is 19.9 Å². The zero-order valence-electron chi connectivity index (χ0n) is 22.7. The smallest absolute Gasteiger partial charge is 0.317 e. The zero-order chi connectivity index (χ0) is 26.4. The molecule has 0 bridgehead atoms. The van der Waals surface area contributed by atoms with E-state index in [0.717, 1.165) is 79.2 Å². The summed E-state index contributed by atoms with van der Waals surface area (Å²) in [5.41, 5.74) is 4.60. The minimum atomic E-state index is -0.405. The molecule has 0 spiro atoms. The Morgan fingerprint density at radius 3 is 2.56 bits per heavy atom. The first-order valence-corrected chi connectivity index (χ1v) is 14.6. The number of hydrogen-bond donors (Lipinski definition) is 0. The Kier molecular flexibility index (Phi) is 6.31. The van der Waals surface area contributed by atoms with E-state index in [2.05, 4.69) is 42.2 Å². The van der Waals surface area contributed by atoms with Crippen molar-refractivity contribution in [3.8, 4) is 17.3 Å². The number of halogens is 1. The highest BCUT2D eigenvalue weighted by Gasteiger charge is 2.45. The normalized spacial score (nSPS) is 19.0. The van der Waals surface area contributed by atoms with Gasteiger partial charge in [-0.15, -0.1) is 0 Å². The predicted molar refractivity (Wildman–Crippen MR) is 154 cm³/mol. The summed E-state index contributed by atoms with van der Waals surface area (Å²) in [4.78, 5) is 16.9. The molecule has 0 saturated carbocycles. The molecule has 6 heteroatoms.